The van der Waals surface area contributed by atoms with E-state index in [1.165, 1.54) is 23.6 Å². The molecule has 0 saturated heterocycles. The van der Waals surface area contributed by atoms with Crippen LogP contribution in [0.1, 0.15) is 23.2 Å². The minimum atomic E-state index is -0.940. The molecule has 4 rings (SSSR count). The normalized spacial score (nSPS) is 17.0. The Bertz CT molecular complexity index is 1140. The number of hydrogen-bond donors (Lipinski definition) is 1. The number of allylic oxidation sites excluding steroid dienone is 1. The lowest BCUT2D eigenvalue weighted by Crippen LogP contribution is -2.36. The first kappa shape index (κ1) is 22.7. The molecule has 172 valence electrons. The average molecular weight is 469 g/mol. The van der Waals surface area contributed by atoms with E-state index in [0.717, 1.165) is 23.2 Å². The van der Waals surface area contributed by atoms with Gasteiger partial charge in [-0.05, 0) is 42.2 Å². The summed E-state index contributed by atoms with van der Waals surface area (Å²) in [5, 5.41) is 4.85. The molecule has 2 aromatic rings. The Hall–Kier alpha value is -3.53. The Morgan fingerprint density at radius 2 is 1.97 bits per heavy atom. The highest BCUT2D eigenvalue weighted by Gasteiger charge is 2.26. The smallest absolute Gasteiger partial charge is 0.262 e. The number of nitrogens with one attached hydrogen (secondary N) is 1. The number of anilines is 1. The van der Waals surface area contributed by atoms with Crippen molar-refractivity contribution in [2.75, 3.05) is 26.1 Å². The maximum Gasteiger partial charge on any atom is 0.262 e. The zero-order chi connectivity index (χ0) is 23.4. The molecule has 1 aromatic heterocycles. The van der Waals surface area contributed by atoms with Crippen LogP contribution in [0.15, 0.2) is 34.7 Å². The Morgan fingerprint density at radius 1 is 1.21 bits per heavy atom. The molecule has 9 nitrogen and oxygen atoms in total. The second-order valence-electron chi connectivity index (χ2n) is 7.65. The van der Waals surface area contributed by atoms with Gasteiger partial charge in [0.2, 0.25) is 11.8 Å². The minimum Gasteiger partial charge on any atom is -0.493 e. The zero-order valence-corrected chi connectivity index (χ0v) is 19.2. The summed E-state index contributed by atoms with van der Waals surface area (Å²) in [5.41, 5.74) is 2.94. The van der Waals surface area contributed by atoms with Crippen LogP contribution in [0.3, 0.4) is 0 Å². The average Bonchev–Trinajstić information content (AvgIpc) is 3.28. The number of rotatable bonds is 7. The van der Waals surface area contributed by atoms with Crippen LogP contribution in [-0.2, 0) is 33.8 Å². The van der Waals surface area contributed by atoms with Crippen molar-refractivity contribution in [2.24, 2.45) is 10.9 Å². The van der Waals surface area contributed by atoms with Gasteiger partial charge < -0.3 is 19.7 Å². The van der Waals surface area contributed by atoms with Crippen LogP contribution in [0.4, 0.5) is 5.13 Å². The number of thiazole rings is 1. The largest absolute Gasteiger partial charge is 0.493 e. The van der Waals surface area contributed by atoms with Crippen LogP contribution in [0.25, 0.3) is 0 Å². The van der Waals surface area contributed by atoms with Gasteiger partial charge in [0, 0.05) is 31.1 Å². The van der Waals surface area contributed by atoms with Gasteiger partial charge in [-0.2, -0.15) is 0 Å². The van der Waals surface area contributed by atoms with E-state index in [4.69, 9.17) is 9.47 Å². The van der Waals surface area contributed by atoms with Crippen molar-refractivity contribution >= 4 is 40.4 Å². The van der Waals surface area contributed by atoms with Crippen molar-refractivity contribution in [1.82, 2.24) is 9.88 Å². The summed E-state index contributed by atoms with van der Waals surface area (Å²) in [7, 11) is 3.21. The molecule has 0 fully saturated rings. The second kappa shape index (κ2) is 9.95. The monoisotopic (exact) mass is 468 g/mol. The third-order valence-electron chi connectivity index (χ3n) is 5.59. The predicted octanol–water partition coefficient (Wildman–Crippen LogP) is 2.40. The van der Waals surface area contributed by atoms with Gasteiger partial charge in [-0.25, -0.2) is 9.98 Å². The number of nitrogens with zero attached hydrogens (tertiary/aromatic N) is 3. The molecule has 3 amide bonds. The fourth-order valence-electron chi connectivity index (χ4n) is 3.79. The number of aliphatic imine (C=N–C) groups is 1. The summed E-state index contributed by atoms with van der Waals surface area (Å²) in [6, 6.07) is 3.91. The molecular weight excluding hydrogens is 444 g/mol. The molecule has 0 spiro atoms. The van der Waals surface area contributed by atoms with E-state index >= 15 is 0 Å². The lowest BCUT2D eigenvalue weighted by molar-refractivity contribution is -0.132. The number of amides is 3. The van der Waals surface area contributed by atoms with Gasteiger partial charge in [0.15, 0.2) is 16.6 Å². The highest BCUT2D eigenvalue weighted by Crippen LogP contribution is 2.33. The van der Waals surface area contributed by atoms with E-state index in [2.05, 4.69) is 15.3 Å². The number of aromatic nitrogens is 1. The van der Waals surface area contributed by atoms with Gasteiger partial charge in [-0.1, -0.05) is 6.08 Å². The van der Waals surface area contributed by atoms with Gasteiger partial charge in [0.25, 0.3) is 5.91 Å². The van der Waals surface area contributed by atoms with Gasteiger partial charge in [0.05, 0.1) is 19.9 Å². The van der Waals surface area contributed by atoms with Crippen LogP contribution < -0.4 is 14.8 Å². The van der Waals surface area contributed by atoms with Gasteiger partial charge in [0.1, 0.15) is 5.92 Å². The van der Waals surface area contributed by atoms with Crippen LogP contribution in [0.5, 0.6) is 11.5 Å². The van der Waals surface area contributed by atoms with E-state index in [1.54, 1.807) is 20.3 Å². The molecule has 3 heterocycles. The van der Waals surface area contributed by atoms with Crippen LogP contribution >= 0.6 is 11.3 Å². The van der Waals surface area contributed by atoms with Crippen molar-refractivity contribution in [3.05, 3.63) is 46.5 Å². The Morgan fingerprint density at radius 3 is 2.70 bits per heavy atom. The summed E-state index contributed by atoms with van der Waals surface area (Å²) < 4.78 is 10.7. The zero-order valence-electron chi connectivity index (χ0n) is 18.4. The van der Waals surface area contributed by atoms with Gasteiger partial charge in [-0.3, -0.25) is 14.4 Å². The summed E-state index contributed by atoms with van der Waals surface area (Å²) in [5.74, 6) is -0.520. The first-order valence-electron chi connectivity index (χ1n) is 10.5. The quantitative estimate of drug-likeness (QED) is 0.625. The van der Waals surface area contributed by atoms with Crippen molar-refractivity contribution in [3.63, 3.8) is 0 Å². The van der Waals surface area contributed by atoms with Crippen LogP contribution in [0, 0.1) is 5.92 Å². The second-order valence-corrected chi connectivity index (χ2v) is 8.51. The summed E-state index contributed by atoms with van der Waals surface area (Å²) >= 11 is 1.26. The summed E-state index contributed by atoms with van der Waals surface area (Å²) in [6.45, 7) is 1.17. The molecule has 1 aromatic carbocycles. The highest BCUT2D eigenvalue weighted by atomic mass is 32.1. The molecule has 2 aliphatic rings. The van der Waals surface area contributed by atoms with Crippen molar-refractivity contribution in [3.8, 4) is 11.5 Å². The van der Waals surface area contributed by atoms with Gasteiger partial charge in [-0.15, -0.1) is 11.3 Å². The maximum absolute atomic E-state index is 12.8. The molecule has 1 atom stereocenters. The molecule has 0 aliphatic carbocycles. The number of fused-ring (bicyclic) bond motifs is 1. The minimum absolute atomic E-state index is 0.0461. The Kier molecular flexibility index (Phi) is 6.83. The van der Waals surface area contributed by atoms with E-state index in [0.29, 0.717) is 42.6 Å². The first-order valence-corrected chi connectivity index (χ1v) is 11.4. The summed E-state index contributed by atoms with van der Waals surface area (Å²) in [4.78, 5) is 46.6. The lowest BCUT2D eigenvalue weighted by Gasteiger charge is -2.29. The summed E-state index contributed by atoms with van der Waals surface area (Å²) in [6.07, 6.45) is 5.97. The third-order valence-corrected chi connectivity index (χ3v) is 6.39. The number of dihydropyridines is 1. The van der Waals surface area contributed by atoms with E-state index in [9.17, 15) is 14.4 Å². The SMILES string of the molecule is COc1cc2c(cc1OC)CN(C(=O)CCc1csc(NC(=O)C3C=CC=NC3=O)n1)CC2. The number of carbonyl (C=O) groups excluding carboxylic acids is 3. The van der Waals surface area contributed by atoms with E-state index < -0.39 is 17.7 Å². The standard InChI is InChI=1S/C23H24N4O5S/c1-31-18-10-14-7-9-27(12-15(14)11-19(18)32-2)20(28)6-5-16-13-33-23(25-16)26-22(30)17-4-3-8-24-21(17)29/h3-4,8,10-11,13,17H,5-7,9,12H2,1-2H3,(H,25,26,30). The fraction of sp³-hybridized carbons (Fsp3) is 0.348. The third kappa shape index (κ3) is 5.11. The number of carbonyl (C=O) groups is 3. The fourth-order valence-corrected chi connectivity index (χ4v) is 4.54. The number of hydrogen-bond acceptors (Lipinski definition) is 7. The van der Waals surface area contributed by atoms with Crippen molar-refractivity contribution in [1.29, 1.82) is 0 Å². The highest BCUT2D eigenvalue weighted by molar-refractivity contribution is 7.13. The molecule has 1 unspecified atom stereocenters. The Labute approximate surface area is 195 Å². The molecule has 0 bridgehead atoms. The lowest BCUT2D eigenvalue weighted by atomic mass is 9.98. The van der Waals surface area contributed by atoms with Crippen LogP contribution in [0.2, 0.25) is 0 Å². The predicted molar refractivity (Wildman–Crippen MR) is 124 cm³/mol. The first-order chi connectivity index (χ1) is 16.0. The number of aryl methyl sites for hydroxylation is 1. The van der Waals surface area contributed by atoms with Gasteiger partial charge >= 0.3 is 0 Å². The van der Waals surface area contributed by atoms with E-state index in [1.807, 2.05) is 22.4 Å². The van der Waals surface area contributed by atoms with E-state index in [-0.39, 0.29) is 5.91 Å². The topological polar surface area (TPSA) is 110 Å². The van der Waals surface area contributed by atoms with Crippen molar-refractivity contribution < 1.29 is 23.9 Å². The number of ether oxygens (including phenoxy) is 2. The molecule has 2 aliphatic heterocycles. The maximum atomic E-state index is 12.8. The van der Waals surface area contributed by atoms with Crippen LogP contribution in [-0.4, -0.2) is 54.6 Å². The molecule has 33 heavy (non-hydrogen) atoms. The molecule has 10 heteroatoms. The Balaban J connectivity index is 1.31. The molecular formula is C23H24N4O5S. The molecule has 0 saturated carbocycles. The molecule has 0 radical (unpaired) electrons. The number of methoxy groups -OCH3 is 2. The molecule has 1 N–H and O–H groups in total. The number of benzene rings is 1. The van der Waals surface area contributed by atoms with Crippen molar-refractivity contribution in [2.45, 2.75) is 25.8 Å².